The Kier molecular flexibility index (Phi) is 5.51. The monoisotopic (exact) mass is 453 g/mol. The molecule has 5 rings (SSSR count). The lowest BCUT2D eigenvalue weighted by Gasteiger charge is -2.14. The van der Waals surface area contributed by atoms with Crippen molar-refractivity contribution in [2.45, 2.75) is 12.8 Å². The van der Waals surface area contributed by atoms with E-state index in [0.29, 0.717) is 27.7 Å². The highest BCUT2D eigenvalue weighted by Gasteiger charge is 2.34. The first-order valence-corrected chi connectivity index (χ1v) is 10.8. The van der Waals surface area contributed by atoms with Crippen molar-refractivity contribution in [3.05, 3.63) is 100 Å². The van der Waals surface area contributed by atoms with E-state index in [1.807, 2.05) is 6.07 Å². The predicted octanol–water partition coefficient (Wildman–Crippen LogP) is 4.44. The van der Waals surface area contributed by atoms with E-state index in [1.165, 1.54) is 0 Å². The van der Waals surface area contributed by atoms with Crippen LogP contribution in [-0.4, -0.2) is 29.2 Å². The molecule has 0 saturated heterocycles. The zero-order valence-corrected chi connectivity index (χ0v) is 18.0. The molecule has 0 atom stereocenters. The predicted molar refractivity (Wildman–Crippen MR) is 125 cm³/mol. The molecule has 2 amide bonds. The van der Waals surface area contributed by atoms with Crippen molar-refractivity contribution >= 4 is 28.8 Å². The molecule has 0 radical (unpaired) electrons. The summed E-state index contributed by atoms with van der Waals surface area (Å²) in [6.45, 7) is 0.0688. The van der Waals surface area contributed by atoms with Crippen LogP contribution in [0.5, 0.6) is 5.75 Å². The Hall–Kier alpha value is -4.52. The van der Waals surface area contributed by atoms with Crippen molar-refractivity contribution in [2.24, 2.45) is 0 Å². The highest BCUT2D eigenvalue weighted by atomic mass is 16.5. The van der Waals surface area contributed by atoms with Gasteiger partial charge in [-0.25, -0.2) is 0 Å². The van der Waals surface area contributed by atoms with E-state index in [1.54, 1.807) is 72.8 Å². The Morgan fingerprint density at radius 3 is 2.12 bits per heavy atom. The van der Waals surface area contributed by atoms with Crippen LogP contribution in [0.15, 0.2) is 88.1 Å². The maximum Gasteiger partial charge on any atom is 0.311 e. The van der Waals surface area contributed by atoms with Crippen LogP contribution in [0, 0.1) is 0 Å². The molecule has 0 N–H and O–H groups in total. The number of benzene rings is 3. The fourth-order valence-corrected chi connectivity index (χ4v) is 3.99. The molecule has 1 aromatic heterocycles. The average molecular weight is 453 g/mol. The third-order valence-electron chi connectivity index (χ3n) is 5.65. The second-order valence-electron chi connectivity index (χ2n) is 7.84. The number of ether oxygens (including phenoxy) is 1. The molecule has 168 valence electrons. The highest BCUT2D eigenvalue weighted by Crippen LogP contribution is 2.31. The Morgan fingerprint density at radius 1 is 0.794 bits per heavy atom. The maximum atomic E-state index is 13.1. The molecule has 7 nitrogen and oxygen atoms in total. The van der Waals surface area contributed by atoms with Crippen molar-refractivity contribution in [3.63, 3.8) is 0 Å². The molecule has 2 heterocycles. The molecule has 0 spiro atoms. The molecular weight excluding hydrogens is 434 g/mol. The maximum absolute atomic E-state index is 13.1. The van der Waals surface area contributed by atoms with Gasteiger partial charge in [0, 0.05) is 18.5 Å². The lowest BCUT2D eigenvalue weighted by atomic mass is 10.1. The van der Waals surface area contributed by atoms with Gasteiger partial charge < -0.3 is 9.15 Å². The summed E-state index contributed by atoms with van der Waals surface area (Å²) in [5.74, 6) is -1.43. The Bertz CT molecular complexity index is 1450. The van der Waals surface area contributed by atoms with Crippen LogP contribution in [0.25, 0.3) is 22.3 Å². The van der Waals surface area contributed by atoms with Gasteiger partial charge in [0.2, 0.25) is 11.2 Å². The van der Waals surface area contributed by atoms with Crippen LogP contribution in [0.3, 0.4) is 0 Å². The van der Waals surface area contributed by atoms with Crippen LogP contribution >= 0.6 is 0 Å². The topological polar surface area (TPSA) is 93.9 Å². The molecular formula is C27H19NO6. The number of hydrogen-bond acceptors (Lipinski definition) is 6. The average Bonchev–Trinajstić information content (AvgIpc) is 3.11. The van der Waals surface area contributed by atoms with E-state index in [0.717, 1.165) is 4.90 Å². The number of imide groups is 1. The number of nitrogens with zero attached hydrogens (tertiary/aromatic N) is 1. The summed E-state index contributed by atoms with van der Waals surface area (Å²) in [6, 6.07) is 22.3. The van der Waals surface area contributed by atoms with Gasteiger partial charge in [0.15, 0.2) is 5.76 Å². The van der Waals surface area contributed by atoms with Gasteiger partial charge >= 0.3 is 5.97 Å². The number of amides is 2. The normalized spacial score (nSPS) is 12.8. The molecule has 1 aliphatic rings. The first-order chi connectivity index (χ1) is 16.5. The molecule has 3 aromatic carbocycles. The zero-order valence-electron chi connectivity index (χ0n) is 18.0. The van der Waals surface area contributed by atoms with E-state index in [-0.39, 0.29) is 42.7 Å². The van der Waals surface area contributed by atoms with E-state index < -0.39 is 11.4 Å². The van der Waals surface area contributed by atoms with E-state index in [9.17, 15) is 19.2 Å². The molecule has 1 aliphatic heterocycles. The molecule has 7 heteroatoms. The minimum atomic E-state index is -0.656. The summed E-state index contributed by atoms with van der Waals surface area (Å²) in [5, 5.41) is 0.302. The van der Waals surface area contributed by atoms with Crippen molar-refractivity contribution in [3.8, 4) is 17.1 Å². The standard InChI is InChI=1S/C27H19NO6/c29-22(15-8-16-28-26(31)18-11-4-5-12-19(18)27(28)32)34-25-23(30)20-13-6-7-14-21(20)33-24(25)17-9-2-1-3-10-17/h1-7,9-14H,8,15-16H2. The van der Waals surface area contributed by atoms with Crippen molar-refractivity contribution in [1.29, 1.82) is 0 Å². The summed E-state index contributed by atoms with van der Waals surface area (Å²) in [4.78, 5) is 51.8. The zero-order chi connectivity index (χ0) is 23.7. The van der Waals surface area contributed by atoms with Gasteiger partial charge in [-0.05, 0) is 30.7 Å². The number of fused-ring (bicyclic) bond motifs is 2. The molecule has 0 bridgehead atoms. The summed E-state index contributed by atoms with van der Waals surface area (Å²) in [6.07, 6.45) is 0.109. The fourth-order valence-electron chi connectivity index (χ4n) is 3.99. The first-order valence-electron chi connectivity index (χ1n) is 10.8. The van der Waals surface area contributed by atoms with Gasteiger partial charge in [-0.3, -0.25) is 24.1 Å². The van der Waals surface area contributed by atoms with E-state index in [2.05, 4.69) is 0 Å². The summed E-state index contributed by atoms with van der Waals surface area (Å²) in [7, 11) is 0. The minimum absolute atomic E-state index is 0.0688. The van der Waals surface area contributed by atoms with Gasteiger partial charge in [-0.1, -0.05) is 54.6 Å². The van der Waals surface area contributed by atoms with Crippen molar-refractivity contribution < 1.29 is 23.5 Å². The second-order valence-corrected chi connectivity index (χ2v) is 7.84. The number of rotatable bonds is 6. The molecule has 0 aliphatic carbocycles. The third-order valence-corrected chi connectivity index (χ3v) is 5.65. The molecule has 34 heavy (non-hydrogen) atoms. The van der Waals surface area contributed by atoms with Gasteiger partial charge in [-0.2, -0.15) is 0 Å². The van der Waals surface area contributed by atoms with Gasteiger partial charge in [0.05, 0.1) is 16.5 Å². The quantitative estimate of drug-likeness (QED) is 0.316. The Balaban J connectivity index is 1.34. The molecule has 0 saturated carbocycles. The summed E-state index contributed by atoms with van der Waals surface area (Å²) < 4.78 is 11.4. The number of para-hydroxylation sites is 1. The third kappa shape index (κ3) is 3.77. The first kappa shape index (κ1) is 21.3. The van der Waals surface area contributed by atoms with Gasteiger partial charge in [0.25, 0.3) is 11.8 Å². The fraction of sp³-hybridized carbons (Fsp3) is 0.111. The number of carbonyl (C=O) groups excluding carboxylic acids is 3. The van der Waals surface area contributed by atoms with Crippen molar-refractivity contribution in [2.75, 3.05) is 6.54 Å². The van der Waals surface area contributed by atoms with Crippen LogP contribution in [0.2, 0.25) is 0 Å². The van der Waals surface area contributed by atoms with Crippen LogP contribution in [0.4, 0.5) is 0 Å². The number of carbonyl (C=O) groups is 3. The lowest BCUT2D eigenvalue weighted by molar-refractivity contribution is -0.134. The molecule has 0 fully saturated rings. The van der Waals surface area contributed by atoms with Gasteiger partial charge in [-0.15, -0.1) is 0 Å². The van der Waals surface area contributed by atoms with Gasteiger partial charge in [0.1, 0.15) is 5.58 Å². The van der Waals surface area contributed by atoms with Crippen molar-refractivity contribution in [1.82, 2.24) is 4.90 Å². The smallest absolute Gasteiger partial charge is 0.311 e. The van der Waals surface area contributed by atoms with Crippen LogP contribution in [-0.2, 0) is 4.79 Å². The Morgan fingerprint density at radius 2 is 1.41 bits per heavy atom. The molecule has 0 unspecified atom stereocenters. The summed E-state index contributed by atoms with van der Waals surface area (Å²) in [5.41, 5.74) is 1.25. The number of esters is 1. The largest absolute Gasteiger partial charge is 0.452 e. The Labute approximate surface area is 194 Å². The summed E-state index contributed by atoms with van der Waals surface area (Å²) >= 11 is 0. The number of hydrogen-bond donors (Lipinski definition) is 0. The SMILES string of the molecule is O=C(CCCN1C(=O)c2ccccc2C1=O)Oc1c(-c2ccccc2)oc2ccccc2c1=O. The van der Waals surface area contributed by atoms with E-state index >= 15 is 0 Å². The minimum Gasteiger partial charge on any atom is -0.452 e. The molecule has 4 aromatic rings. The van der Waals surface area contributed by atoms with Crippen LogP contribution in [0.1, 0.15) is 33.6 Å². The van der Waals surface area contributed by atoms with Crippen LogP contribution < -0.4 is 10.2 Å². The lowest BCUT2D eigenvalue weighted by Crippen LogP contribution is -2.31. The highest BCUT2D eigenvalue weighted by molar-refractivity contribution is 6.21. The van der Waals surface area contributed by atoms with E-state index in [4.69, 9.17) is 9.15 Å². The second kappa shape index (κ2) is 8.78.